The lowest BCUT2D eigenvalue weighted by Crippen LogP contribution is -2.61. The van der Waals surface area contributed by atoms with Crippen LogP contribution in [-0.2, 0) is 9.53 Å². The molecule has 1 saturated heterocycles. The number of halogens is 1. The van der Waals surface area contributed by atoms with Gasteiger partial charge in [-0.05, 0) is 24.3 Å². The summed E-state index contributed by atoms with van der Waals surface area (Å²) < 4.78 is 10.2. The van der Waals surface area contributed by atoms with E-state index >= 15 is 0 Å². The van der Waals surface area contributed by atoms with Crippen molar-refractivity contribution in [3.05, 3.63) is 29.3 Å². The van der Waals surface area contributed by atoms with E-state index in [9.17, 15) is 20.1 Å². The number of aliphatic hydroxyl groups excluding tert-OH is 3. The van der Waals surface area contributed by atoms with E-state index < -0.39 is 36.7 Å². The predicted octanol–water partition coefficient (Wildman–Crippen LogP) is -0.389. The number of aliphatic carboxylic acids is 1. The molecule has 0 aromatic heterocycles. The van der Waals surface area contributed by atoms with Gasteiger partial charge < -0.3 is 29.9 Å². The van der Waals surface area contributed by atoms with Gasteiger partial charge in [-0.15, -0.1) is 0 Å². The Labute approximate surface area is 118 Å². The molecule has 1 aliphatic heterocycles. The van der Waals surface area contributed by atoms with Crippen molar-refractivity contribution in [3.63, 3.8) is 0 Å². The third-order valence-corrected chi connectivity index (χ3v) is 3.13. The van der Waals surface area contributed by atoms with E-state index in [4.69, 9.17) is 26.2 Å². The zero-order valence-corrected chi connectivity index (χ0v) is 10.8. The van der Waals surface area contributed by atoms with Crippen molar-refractivity contribution in [1.82, 2.24) is 0 Å². The molecule has 7 nitrogen and oxygen atoms in total. The number of hydrogen-bond donors (Lipinski definition) is 4. The fourth-order valence-electron chi connectivity index (χ4n) is 1.80. The Morgan fingerprint density at radius 3 is 2.25 bits per heavy atom. The molecule has 2 rings (SSSR count). The maximum Gasteiger partial charge on any atom is 0.335 e. The van der Waals surface area contributed by atoms with Crippen molar-refractivity contribution in [3.8, 4) is 5.75 Å². The quantitative estimate of drug-likeness (QED) is 0.601. The first-order chi connectivity index (χ1) is 9.40. The van der Waals surface area contributed by atoms with Gasteiger partial charge in [-0.25, -0.2) is 4.79 Å². The summed E-state index contributed by atoms with van der Waals surface area (Å²) in [4.78, 5) is 10.9. The van der Waals surface area contributed by atoms with Gasteiger partial charge in [-0.3, -0.25) is 0 Å². The van der Waals surface area contributed by atoms with Crippen LogP contribution in [0.25, 0.3) is 0 Å². The van der Waals surface area contributed by atoms with Crippen LogP contribution in [-0.4, -0.2) is 57.1 Å². The summed E-state index contributed by atoms with van der Waals surface area (Å²) in [7, 11) is 0. The van der Waals surface area contributed by atoms with Crippen LogP contribution in [0.4, 0.5) is 0 Å². The Morgan fingerprint density at radius 1 is 1.10 bits per heavy atom. The summed E-state index contributed by atoms with van der Waals surface area (Å²) in [5, 5.41) is 38.2. The molecule has 0 bridgehead atoms. The van der Waals surface area contributed by atoms with Crippen molar-refractivity contribution < 1.29 is 34.7 Å². The lowest BCUT2D eigenvalue weighted by molar-refractivity contribution is -0.271. The van der Waals surface area contributed by atoms with Crippen molar-refractivity contribution in [2.24, 2.45) is 0 Å². The van der Waals surface area contributed by atoms with Gasteiger partial charge in [0, 0.05) is 5.02 Å². The first kappa shape index (κ1) is 15.0. The fraction of sp³-hybridized carbons (Fsp3) is 0.417. The third-order valence-electron chi connectivity index (χ3n) is 2.88. The minimum atomic E-state index is -1.74. The number of ether oxygens (including phenoxy) is 2. The molecule has 1 fully saturated rings. The second-order valence-electron chi connectivity index (χ2n) is 4.31. The zero-order valence-electron chi connectivity index (χ0n) is 10.1. The van der Waals surface area contributed by atoms with Gasteiger partial charge in [-0.2, -0.15) is 0 Å². The van der Waals surface area contributed by atoms with E-state index in [1.54, 1.807) is 0 Å². The van der Waals surface area contributed by atoms with Gasteiger partial charge in [0.2, 0.25) is 6.29 Å². The number of aliphatic hydroxyl groups is 3. The SMILES string of the molecule is O=C(O)[C@H]1OC(Oc2ccc(Cl)cc2)[C@H](O)[C@@H](O)[C@@H]1O. The van der Waals surface area contributed by atoms with E-state index in [2.05, 4.69) is 0 Å². The molecule has 1 unspecified atom stereocenters. The van der Waals surface area contributed by atoms with E-state index in [1.807, 2.05) is 0 Å². The number of benzene rings is 1. The number of rotatable bonds is 3. The zero-order chi connectivity index (χ0) is 14.9. The highest BCUT2D eigenvalue weighted by molar-refractivity contribution is 6.30. The summed E-state index contributed by atoms with van der Waals surface area (Å²) in [5.41, 5.74) is 0. The van der Waals surface area contributed by atoms with Crippen LogP contribution in [0.1, 0.15) is 0 Å². The highest BCUT2D eigenvalue weighted by Crippen LogP contribution is 2.25. The summed E-state index contributed by atoms with van der Waals surface area (Å²) >= 11 is 5.70. The summed E-state index contributed by atoms with van der Waals surface area (Å²) in [5.74, 6) is -1.20. The molecule has 0 aliphatic carbocycles. The van der Waals surface area contributed by atoms with E-state index in [1.165, 1.54) is 24.3 Å². The lowest BCUT2D eigenvalue weighted by atomic mass is 9.99. The molecule has 1 aromatic carbocycles. The first-order valence-electron chi connectivity index (χ1n) is 5.75. The predicted molar refractivity (Wildman–Crippen MR) is 66.4 cm³/mol. The van der Waals surface area contributed by atoms with E-state index in [0.29, 0.717) is 5.02 Å². The van der Waals surface area contributed by atoms with Crippen LogP contribution in [0.3, 0.4) is 0 Å². The van der Waals surface area contributed by atoms with Crippen LogP contribution in [0.5, 0.6) is 5.75 Å². The Balaban J connectivity index is 2.13. The molecule has 0 spiro atoms. The van der Waals surface area contributed by atoms with Gasteiger partial charge in [-0.1, -0.05) is 11.6 Å². The van der Waals surface area contributed by atoms with Crippen molar-refractivity contribution in [2.45, 2.75) is 30.7 Å². The number of hydrogen-bond acceptors (Lipinski definition) is 6. The Hall–Kier alpha value is -1.38. The summed E-state index contributed by atoms with van der Waals surface area (Å²) in [6.07, 6.45) is -8.13. The van der Waals surface area contributed by atoms with Gasteiger partial charge >= 0.3 is 5.97 Å². The lowest BCUT2D eigenvalue weighted by Gasteiger charge is -2.38. The van der Waals surface area contributed by atoms with Crippen LogP contribution >= 0.6 is 11.6 Å². The highest BCUT2D eigenvalue weighted by atomic mass is 35.5. The van der Waals surface area contributed by atoms with Crippen LogP contribution < -0.4 is 4.74 Å². The number of carboxylic acid groups (broad SMARTS) is 1. The Bertz CT molecular complexity index is 477. The monoisotopic (exact) mass is 304 g/mol. The van der Waals surface area contributed by atoms with Crippen molar-refractivity contribution >= 4 is 17.6 Å². The molecule has 110 valence electrons. The standard InChI is InChI=1S/C12H13ClO7/c13-5-1-3-6(4-2-5)19-12-9(16)7(14)8(15)10(20-12)11(17)18/h1-4,7-10,12,14-16H,(H,17,18)/t7-,8-,9+,10-,12?/m0/s1. The van der Waals surface area contributed by atoms with Gasteiger partial charge in [0.25, 0.3) is 0 Å². The van der Waals surface area contributed by atoms with Crippen LogP contribution in [0.2, 0.25) is 5.02 Å². The Morgan fingerprint density at radius 2 is 1.70 bits per heavy atom. The smallest absolute Gasteiger partial charge is 0.335 e. The topological polar surface area (TPSA) is 116 Å². The van der Waals surface area contributed by atoms with E-state index in [-0.39, 0.29) is 5.75 Å². The molecule has 1 heterocycles. The molecule has 0 saturated carbocycles. The van der Waals surface area contributed by atoms with E-state index in [0.717, 1.165) is 0 Å². The van der Waals surface area contributed by atoms with Crippen molar-refractivity contribution in [2.75, 3.05) is 0 Å². The first-order valence-corrected chi connectivity index (χ1v) is 6.12. The van der Waals surface area contributed by atoms with Gasteiger partial charge in [0.1, 0.15) is 24.1 Å². The second kappa shape index (κ2) is 5.94. The maximum absolute atomic E-state index is 10.9. The molecular weight excluding hydrogens is 292 g/mol. The van der Waals surface area contributed by atoms with Crippen molar-refractivity contribution in [1.29, 1.82) is 0 Å². The third kappa shape index (κ3) is 3.02. The summed E-state index contributed by atoms with van der Waals surface area (Å²) in [6, 6.07) is 6.05. The second-order valence-corrected chi connectivity index (χ2v) is 4.74. The molecule has 1 aromatic rings. The van der Waals surface area contributed by atoms with Crippen LogP contribution in [0.15, 0.2) is 24.3 Å². The molecule has 20 heavy (non-hydrogen) atoms. The maximum atomic E-state index is 10.9. The molecule has 4 N–H and O–H groups in total. The molecule has 0 radical (unpaired) electrons. The average molecular weight is 305 g/mol. The fourth-order valence-corrected chi connectivity index (χ4v) is 1.92. The number of carboxylic acids is 1. The minimum Gasteiger partial charge on any atom is -0.479 e. The van der Waals surface area contributed by atoms with Crippen LogP contribution in [0, 0.1) is 0 Å². The summed E-state index contributed by atoms with van der Waals surface area (Å²) in [6.45, 7) is 0. The Kier molecular flexibility index (Phi) is 4.46. The molecular formula is C12H13ClO7. The molecule has 5 atom stereocenters. The highest BCUT2D eigenvalue weighted by Gasteiger charge is 2.48. The molecule has 1 aliphatic rings. The average Bonchev–Trinajstić information content (AvgIpc) is 2.41. The largest absolute Gasteiger partial charge is 0.479 e. The molecule has 8 heteroatoms. The van der Waals surface area contributed by atoms with Gasteiger partial charge in [0.05, 0.1) is 0 Å². The number of carbonyl (C=O) groups is 1. The minimum absolute atomic E-state index is 0.270. The van der Waals surface area contributed by atoms with Gasteiger partial charge in [0.15, 0.2) is 6.10 Å². The molecule has 0 amide bonds. The normalized spacial score (nSPS) is 33.7.